The maximum absolute atomic E-state index is 13.0. The molecule has 1 aliphatic rings. The number of aromatic nitrogens is 2. The van der Waals surface area contributed by atoms with E-state index < -0.39 is 11.7 Å². The number of methoxy groups -OCH3 is 1. The van der Waals surface area contributed by atoms with Crippen molar-refractivity contribution in [1.82, 2.24) is 20.4 Å². The first kappa shape index (κ1) is 24.3. The van der Waals surface area contributed by atoms with Gasteiger partial charge >= 0.3 is 0 Å². The van der Waals surface area contributed by atoms with Gasteiger partial charge in [0.05, 0.1) is 13.0 Å². The molecule has 1 aliphatic heterocycles. The number of amides is 3. The van der Waals surface area contributed by atoms with Crippen LogP contribution < -0.4 is 15.4 Å². The van der Waals surface area contributed by atoms with Gasteiger partial charge in [0.15, 0.2) is 0 Å². The SMILES string of the molecule is COc1ccc(CNC(=O)[C@H]2CCCN(C(=O)c3nnc(C(=O)Nc4ccc(F)cc4)s3)C2)cc1. The molecule has 0 aliphatic carbocycles. The van der Waals surface area contributed by atoms with E-state index in [0.717, 1.165) is 22.6 Å². The fourth-order valence-electron chi connectivity index (χ4n) is 3.71. The first-order chi connectivity index (χ1) is 16.9. The first-order valence-corrected chi connectivity index (χ1v) is 11.8. The van der Waals surface area contributed by atoms with Crippen LogP contribution in [-0.4, -0.2) is 53.0 Å². The molecule has 2 heterocycles. The summed E-state index contributed by atoms with van der Waals surface area (Å²) in [7, 11) is 1.60. The molecule has 0 bridgehead atoms. The highest BCUT2D eigenvalue weighted by Crippen LogP contribution is 2.21. The van der Waals surface area contributed by atoms with E-state index in [-0.39, 0.29) is 34.3 Å². The molecule has 4 rings (SSSR count). The number of carbonyl (C=O) groups excluding carboxylic acids is 3. The largest absolute Gasteiger partial charge is 0.497 e. The summed E-state index contributed by atoms with van der Waals surface area (Å²) in [6, 6.07) is 12.7. The Morgan fingerprint density at radius 1 is 1.09 bits per heavy atom. The molecule has 1 fully saturated rings. The number of halogens is 1. The standard InChI is InChI=1S/C24H24FN5O4S/c1-34-19-10-4-15(5-11-19)13-26-20(31)16-3-2-12-30(14-16)24(33)23-29-28-22(35-23)21(32)27-18-8-6-17(25)7-9-18/h4-11,16H,2-3,12-14H2,1H3,(H,26,31)(H,27,32)/t16-/m0/s1. The highest BCUT2D eigenvalue weighted by Gasteiger charge is 2.30. The zero-order chi connectivity index (χ0) is 24.8. The van der Waals surface area contributed by atoms with Gasteiger partial charge in [0.1, 0.15) is 11.6 Å². The van der Waals surface area contributed by atoms with Crippen LogP contribution >= 0.6 is 11.3 Å². The van der Waals surface area contributed by atoms with Gasteiger partial charge in [0.25, 0.3) is 11.8 Å². The second-order valence-electron chi connectivity index (χ2n) is 8.03. The predicted octanol–water partition coefficient (Wildman–Crippen LogP) is 3.11. The van der Waals surface area contributed by atoms with Crippen molar-refractivity contribution in [2.45, 2.75) is 19.4 Å². The molecule has 182 valence electrons. The Labute approximate surface area is 205 Å². The number of hydrogen-bond donors (Lipinski definition) is 2. The summed E-state index contributed by atoms with van der Waals surface area (Å²) in [4.78, 5) is 39.6. The summed E-state index contributed by atoms with van der Waals surface area (Å²) in [5, 5.41) is 13.3. The van der Waals surface area contributed by atoms with Gasteiger partial charge in [-0.2, -0.15) is 0 Å². The van der Waals surface area contributed by atoms with E-state index in [2.05, 4.69) is 20.8 Å². The Morgan fingerprint density at radius 3 is 2.51 bits per heavy atom. The number of nitrogens with one attached hydrogen (secondary N) is 2. The van der Waals surface area contributed by atoms with E-state index in [9.17, 15) is 18.8 Å². The lowest BCUT2D eigenvalue weighted by Crippen LogP contribution is -2.45. The maximum Gasteiger partial charge on any atom is 0.286 e. The monoisotopic (exact) mass is 497 g/mol. The lowest BCUT2D eigenvalue weighted by Gasteiger charge is -2.31. The summed E-state index contributed by atoms with van der Waals surface area (Å²) < 4.78 is 18.2. The van der Waals surface area contributed by atoms with Crippen molar-refractivity contribution in [1.29, 1.82) is 0 Å². The van der Waals surface area contributed by atoms with Crippen LogP contribution in [-0.2, 0) is 11.3 Å². The highest BCUT2D eigenvalue weighted by atomic mass is 32.1. The molecule has 11 heteroatoms. The lowest BCUT2D eigenvalue weighted by molar-refractivity contribution is -0.126. The van der Waals surface area contributed by atoms with E-state index in [1.54, 1.807) is 12.0 Å². The number of piperidine rings is 1. The van der Waals surface area contributed by atoms with Crippen molar-refractivity contribution >= 4 is 34.7 Å². The molecule has 0 spiro atoms. The average Bonchev–Trinajstić information content (AvgIpc) is 3.39. The van der Waals surface area contributed by atoms with Crippen molar-refractivity contribution in [2.24, 2.45) is 5.92 Å². The molecule has 1 aromatic heterocycles. The van der Waals surface area contributed by atoms with Crippen LogP contribution in [0.2, 0.25) is 0 Å². The minimum Gasteiger partial charge on any atom is -0.497 e. The first-order valence-electron chi connectivity index (χ1n) is 11.0. The third kappa shape index (κ3) is 6.18. The maximum atomic E-state index is 13.0. The molecule has 0 unspecified atom stereocenters. The number of ether oxygens (including phenoxy) is 1. The van der Waals surface area contributed by atoms with Crippen LogP contribution in [0.5, 0.6) is 5.75 Å². The Balaban J connectivity index is 1.32. The molecule has 0 saturated carbocycles. The van der Waals surface area contributed by atoms with Gasteiger partial charge in [-0.25, -0.2) is 4.39 Å². The van der Waals surface area contributed by atoms with Crippen LogP contribution in [0.15, 0.2) is 48.5 Å². The van der Waals surface area contributed by atoms with Crippen molar-refractivity contribution in [3.05, 3.63) is 69.9 Å². The number of rotatable bonds is 7. The van der Waals surface area contributed by atoms with Gasteiger partial charge in [-0.15, -0.1) is 10.2 Å². The molecule has 35 heavy (non-hydrogen) atoms. The Morgan fingerprint density at radius 2 is 1.80 bits per heavy atom. The van der Waals surface area contributed by atoms with Crippen LogP contribution in [0.3, 0.4) is 0 Å². The number of anilines is 1. The summed E-state index contributed by atoms with van der Waals surface area (Å²) >= 11 is 0.875. The van der Waals surface area contributed by atoms with Gasteiger partial charge < -0.3 is 20.3 Å². The summed E-state index contributed by atoms with van der Waals surface area (Å²) in [5.41, 5.74) is 1.35. The predicted molar refractivity (Wildman–Crippen MR) is 128 cm³/mol. The molecule has 0 radical (unpaired) electrons. The molecule has 3 amide bonds. The van der Waals surface area contributed by atoms with E-state index in [1.807, 2.05) is 24.3 Å². The number of hydrogen-bond acceptors (Lipinski definition) is 7. The van der Waals surface area contributed by atoms with Gasteiger partial charge in [-0.05, 0) is 54.8 Å². The van der Waals surface area contributed by atoms with Gasteiger partial charge in [0.2, 0.25) is 15.9 Å². The topological polar surface area (TPSA) is 114 Å². The van der Waals surface area contributed by atoms with E-state index in [1.165, 1.54) is 24.3 Å². The lowest BCUT2D eigenvalue weighted by atomic mass is 9.97. The number of carbonyl (C=O) groups is 3. The molecule has 9 nitrogen and oxygen atoms in total. The molecular formula is C24H24FN5O4S. The molecule has 2 N–H and O–H groups in total. The minimum atomic E-state index is -0.539. The van der Waals surface area contributed by atoms with Crippen molar-refractivity contribution in [3.8, 4) is 5.75 Å². The van der Waals surface area contributed by atoms with E-state index in [0.29, 0.717) is 31.6 Å². The quantitative estimate of drug-likeness (QED) is 0.519. The van der Waals surface area contributed by atoms with Crippen molar-refractivity contribution in [2.75, 3.05) is 25.5 Å². The fourth-order valence-corrected chi connectivity index (χ4v) is 4.41. The van der Waals surface area contributed by atoms with E-state index in [4.69, 9.17) is 4.74 Å². The second kappa shape index (κ2) is 11.0. The molecule has 1 saturated heterocycles. The summed E-state index contributed by atoms with van der Waals surface area (Å²) in [5.74, 6) is -1.02. The average molecular weight is 498 g/mol. The van der Waals surface area contributed by atoms with Gasteiger partial charge in [0, 0.05) is 25.3 Å². The normalized spacial score (nSPS) is 15.4. The number of benzene rings is 2. The van der Waals surface area contributed by atoms with E-state index >= 15 is 0 Å². The smallest absolute Gasteiger partial charge is 0.286 e. The third-order valence-electron chi connectivity index (χ3n) is 5.61. The van der Waals surface area contributed by atoms with Crippen molar-refractivity contribution < 1.29 is 23.5 Å². The zero-order valence-corrected chi connectivity index (χ0v) is 19.8. The zero-order valence-electron chi connectivity index (χ0n) is 19.0. The van der Waals surface area contributed by atoms with Crippen LogP contribution in [0.25, 0.3) is 0 Å². The highest BCUT2D eigenvalue weighted by molar-refractivity contribution is 7.15. The summed E-state index contributed by atoms with van der Waals surface area (Å²) in [6.07, 6.45) is 1.36. The summed E-state index contributed by atoms with van der Waals surface area (Å²) in [6.45, 7) is 1.15. The van der Waals surface area contributed by atoms with Crippen LogP contribution in [0.1, 0.15) is 38.0 Å². The third-order valence-corrected chi connectivity index (χ3v) is 6.52. The number of nitrogens with zero attached hydrogens (tertiary/aromatic N) is 3. The number of likely N-dealkylation sites (tertiary alicyclic amines) is 1. The Hall–Kier alpha value is -3.86. The van der Waals surface area contributed by atoms with Gasteiger partial charge in [-0.1, -0.05) is 23.5 Å². The fraction of sp³-hybridized carbons (Fsp3) is 0.292. The Bertz CT molecular complexity index is 1200. The van der Waals surface area contributed by atoms with Crippen LogP contribution in [0, 0.1) is 11.7 Å². The van der Waals surface area contributed by atoms with Crippen molar-refractivity contribution in [3.63, 3.8) is 0 Å². The Kier molecular flexibility index (Phi) is 7.66. The molecular weight excluding hydrogens is 473 g/mol. The van der Waals surface area contributed by atoms with Gasteiger partial charge in [-0.3, -0.25) is 14.4 Å². The molecule has 3 aromatic rings. The molecule has 2 aromatic carbocycles. The molecule has 1 atom stereocenters. The minimum absolute atomic E-state index is 0.0171. The van der Waals surface area contributed by atoms with Crippen LogP contribution in [0.4, 0.5) is 10.1 Å². The second-order valence-corrected chi connectivity index (χ2v) is 9.01.